The number of benzene rings is 1. The van der Waals surface area contributed by atoms with Gasteiger partial charge < -0.3 is 15.2 Å². The second kappa shape index (κ2) is 7.50. The maximum Gasteiger partial charge on any atom is 0.165 e. The van der Waals surface area contributed by atoms with Gasteiger partial charge in [0, 0.05) is 12.1 Å². The maximum absolute atomic E-state index is 11.7. The van der Waals surface area contributed by atoms with Gasteiger partial charge in [-0.05, 0) is 26.8 Å². The van der Waals surface area contributed by atoms with Crippen LogP contribution in [0.3, 0.4) is 0 Å². The van der Waals surface area contributed by atoms with Crippen molar-refractivity contribution in [2.24, 2.45) is 5.73 Å². The summed E-state index contributed by atoms with van der Waals surface area (Å²) in [6.45, 7) is 6.12. The molecule has 0 saturated carbocycles. The van der Waals surface area contributed by atoms with Gasteiger partial charge >= 0.3 is 0 Å². The topological polar surface area (TPSA) is 78.6 Å². The van der Waals surface area contributed by atoms with Gasteiger partial charge in [0.15, 0.2) is 21.3 Å². The number of sulfone groups is 1. The molecular weight excluding hydrogens is 278 g/mol. The first kappa shape index (κ1) is 16.8. The van der Waals surface area contributed by atoms with Gasteiger partial charge in [-0.15, -0.1) is 0 Å². The standard InChI is InChI=1S/C14H23NO4S/c1-4-18-13-7-5-6-12(10-15)14(13)19-8-9-20(16,17)11(2)3/h5-7,11H,4,8-10,15H2,1-3H3. The summed E-state index contributed by atoms with van der Waals surface area (Å²) >= 11 is 0. The number of nitrogens with two attached hydrogens (primary N) is 1. The number of rotatable bonds is 8. The van der Waals surface area contributed by atoms with Crippen LogP contribution < -0.4 is 15.2 Å². The fourth-order valence-electron chi connectivity index (χ4n) is 1.65. The van der Waals surface area contributed by atoms with Gasteiger partial charge in [0.05, 0.1) is 17.6 Å². The predicted molar refractivity (Wildman–Crippen MR) is 79.9 cm³/mol. The van der Waals surface area contributed by atoms with E-state index >= 15 is 0 Å². The number of hydrogen-bond donors (Lipinski definition) is 1. The van der Waals surface area contributed by atoms with Gasteiger partial charge in [-0.3, -0.25) is 0 Å². The Bertz CT molecular complexity index is 526. The monoisotopic (exact) mass is 301 g/mol. The minimum atomic E-state index is -3.11. The van der Waals surface area contributed by atoms with Crippen LogP contribution in [0.2, 0.25) is 0 Å². The van der Waals surface area contributed by atoms with Crippen LogP contribution in [0.25, 0.3) is 0 Å². The fourth-order valence-corrected chi connectivity index (χ4v) is 2.44. The summed E-state index contributed by atoms with van der Waals surface area (Å²) in [5, 5.41) is -0.401. The molecule has 0 radical (unpaired) electrons. The molecule has 0 spiro atoms. The fraction of sp³-hybridized carbons (Fsp3) is 0.571. The molecule has 0 aromatic heterocycles. The van der Waals surface area contributed by atoms with E-state index in [0.29, 0.717) is 24.7 Å². The Morgan fingerprint density at radius 3 is 2.50 bits per heavy atom. The molecule has 5 nitrogen and oxygen atoms in total. The lowest BCUT2D eigenvalue weighted by atomic mass is 10.2. The van der Waals surface area contributed by atoms with E-state index in [0.717, 1.165) is 5.56 Å². The quantitative estimate of drug-likeness (QED) is 0.791. The molecule has 1 aromatic carbocycles. The van der Waals surface area contributed by atoms with E-state index in [4.69, 9.17) is 15.2 Å². The zero-order valence-electron chi connectivity index (χ0n) is 12.3. The molecule has 0 amide bonds. The molecule has 0 aliphatic carbocycles. The number of ether oxygens (including phenoxy) is 2. The minimum Gasteiger partial charge on any atom is -0.490 e. The van der Waals surface area contributed by atoms with Crippen LogP contribution in [0.1, 0.15) is 26.3 Å². The molecule has 1 aromatic rings. The molecule has 0 saturated heterocycles. The van der Waals surface area contributed by atoms with Crippen molar-refractivity contribution in [1.29, 1.82) is 0 Å². The Morgan fingerprint density at radius 2 is 1.95 bits per heavy atom. The summed E-state index contributed by atoms with van der Waals surface area (Å²) in [5.74, 6) is 1.11. The van der Waals surface area contributed by atoms with Crippen LogP contribution in [-0.4, -0.2) is 32.6 Å². The third kappa shape index (κ3) is 4.38. The lowest BCUT2D eigenvalue weighted by Crippen LogP contribution is -2.22. The smallest absolute Gasteiger partial charge is 0.165 e. The molecule has 6 heteroatoms. The molecule has 0 heterocycles. The summed E-state index contributed by atoms with van der Waals surface area (Å²) < 4.78 is 34.6. The van der Waals surface area contributed by atoms with E-state index in [1.807, 2.05) is 19.1 Å². The maximum atomic E-state index is 11.7. The van der Waals surface area contributed by atoms with E-state index in [2.05, 4.69) is 0 Å². The largest absolute Gasteiger partial charge is 0.490 e. The highest BCUT2D eigenvalue weighted by Crippen LogP contribution is 2.31. The second-order valence-corrected chi connectivity index (χ2v) is 7.32. The van der Waals surface area contributed by atoms with Crippen molar-refractivity contribution in [2.45, 2.75) is 32.6 Å². The number of para-hydroxylation sites is 1. The van der Waals surface area contributed by atoms with E-state index in [1.165, 1.54) is 0 Å². The van der Waals surface area contributed by atoms with Crippen LogP contribution in [0.15, 0.2) is 18.2 Å². The lowest BCUT2D eigenvalue weighted by Gasteiger charge is -2.15. The predicted octanol–water partition coefficient (Wildman–Crippen LogP) is 1.75. The third-order valence-electron chi connectivity index (χ3n) is 2.91. The molecule has 0 fully saturated rings. The summed E-state index contributed by atoms with van der Waals surface area (Å²) in [6, 6.07) is 5.47. The molecule has 0 bridgehead atoms. The van der Waals surface area contributed by atoms with Gasteiger partial charge in [0.25, 0.3) is 0 Å². The van der Waals surface area contributed by atoms with Crippen molar-refractivity contribution in [3.63, 3.8) is 0 Å². The molecule has 1 rings (SSSR count). The van der Waals surface area contributed by atoms with Crippen LogP contribution in [0.5, 0.6) is 11.5 Å². The van der Waals surface area contributed by atoms with Crippen LogP contribution in [-0.2, 0) is 16.4 Å². The molecule has 114 valence electrons. The van der Waals surface area contributed by atoms with Crippen LogP contribution in [0, 0.1) is 0 Å². The van der Waals surface area contributed by atoms with Gasteiger partial charge in [0.2, 0.25) is 0 Å². The minimum absolute atomic E-state index is 0.0187. The second-order valence-electron chi connectivity index (χ2n) is 4.65. The van der Waals surface area contributed by atoms with Crippen molar-refractivity contribution in [3.05, 3.63) is 23.8 Å². The van der Waals surface area contributed by atoms with Gasteiger partial charge in [-0.2, -0.15) is 0 Å². The molecule has 0 unspecified atom stereocenters. The zero-order chi connectivity index (χ0) is 15.2. The van der Waals surface area contributed by atoms with Crippen molar-refractivity contribution in [3.8, 4) is 11.5 Å². The summed E-state index contributed by atoms with van der Waals surface area (Å²) in [4.78, 5) is 0. The highest BCUT2D eigenvalue weighted by atomic mass is 32.2. The Labute approximate surface area is 121 Å². The first-order valence-corrected chi connectivity index (χ1v) is 8.43. The van der Waals surface area contributed by atoms with E-state index in [9.17, 15) is 8.42 Å². The molecule has 20 heavy (non-hydrogen) atoms. The van der Waals surface area contributed by atoms with Gasteiger partial charge in [-0.1, -0.05) is 12.1 Å². The highest BCUT2D eigenvalue weighted by Gasteiger charge is 2.17. The van der Waals surface area contributed by atoms with E-state index in [1.54, 1.807) is 19.9 Å². The number of hydrogen-bond acceptors (Lipinski definition) is 5. The summed E-state index contributed by atoms with van der Waals surface area (Å²) in [6.07, 6.45) is 0. The zero-order valence-corrected chi connectivity index (χ0v) is 13.1. The average Bonchev–Trinajstić information content (AvgIpc) is 2.40. The van der Waals surface area contributed by atoms with Crippen LogP contribution >= 0.6 is 0 Å². The van der Waals surface area contributed by atoms with Crippen molar-refractivity contribution < 1.29 is 17.9 Å². The average molecular weight is 301 g/mol. The third-order valence-corrected chi connectivity index (χ3v) is 5.08. The van der Waals surface area contributed by atoms with Crippen molar-refractivity contribution in [1.82, 2.24) is 0 Å². The normalized spacial score (nSPS) is 11.7. The Hall–Kier alpha value is -1.27. The molecule has 0 aliphatic rings. The molecule has 0 aliphatic heterocycles. The van der Waals surface area contributed by atoms with Crippen molar-refractivity contribution >= 4 is 9.84 Å². The van der Waals surface area contributed by atoms with Gasteiger partial charge in [0.1, 0.15) is 6.61 Å². The summed E-state index contributed by atoms with van der Waals surface area (Å²) in [5.41, 5.74) is 6.47. The Morgan fingerprint density at radius 1 is 1.25 bits per heavy atom. The Kier molecular flexibility index (Phi) is 6.29. The van der Waals surface area contributed by atoms with Gasteiger partial charge in [-0.25, -0.2) is 8.42 Å². The molecule has 2 N–H and O–H groups in total. The lowest BCUT2D eigenvalue weighted by molar-refractivity contribution is 0.286. The molecular formula is C14H23NO4S. The van der Waals surface area contributed by atoms with Crippen LogP contribution in [0.4, 0.5) is 0 Å². The first-order chi connectivity index (χ1) is 9.42. The first-order valence-electron chi connectivity index (χ1n) is 6.71. The summed E-state index contributed by atoms with van der Waals surface area (Å²) in [7, 11) is -3.11. The molecule has 0 atom stereocenters. The van der Waals surface area contributed by atoms with E-state index < -0.39 is 15.1 Å². The highest BCUT2D eigenvalue weighted by molar-refractivity contribution is 7.91. The van der Waals surface area contributed by atoms with E-state index in [-0.39, 0.29) is 12.4 Å². The SMILES string of the molecule is CCOc1cccc(CN)c1OCCS(=O)(=O)C(C)C. The Balaban J connectivity index is 2.81. The van der Waals surface area contributed by atoms with Crippen molar-refractivity contribution in [2.75, 3.05) is 19.0 Å².